The van der Waals surface area contributed by atoms with E-state index >= 15 is 0 Å². The minimum absolute atomic E-state index is 0.00478. The Morgan fingerprint density at radius 1 is 1.04 bits per heavy atom. The first kappa shape index (κ1) is 20.2. The first-order chi connectivity index (χ1) is 11.9. The SMILES string of the molecule is CCOC(=O)/C=C/C(=O)OC[C@H](NC(=O)Oc1ccccc1)C(C)C. The van der Waals surface area contributed by atoms with Crippen LogP contribution in [0.5, 0.6) is 5.75 Å². The molecule has 0 saturated heterocycles. The maximum Gasteiger partial charge on any atom is 0.412 e. The Morgan fingerprint density at radius 3 is 2.20 bits per heavy atom. The number of amides is 1. The number of hydrogen-bond acceptors (Lipinski definition) is 6. The smallest absolute Gasteiger partial charge is 0.412 e. The summed E-state index contributed by atoms with van der Waals surface area (Å²) in [6, 6.07) is 8.19. The Kier molecular flexibility index (Phi) is 8.78. The normalized spacial score (nSPS) is 11.8. The van der Waals surface area contributed by atoms with E-state index in [0.717, 1.165) is 12.2 Å². The Labute approximate surface area is 146 Å². The van der Waals surface area contributed by atoms with Gasteiger partial charge in [-0.15, -0.1) is 0 Å². The van der Waals surface area contributed by atoms with Crippen molar-refractivity contribution in [3.63, 3.8) is 0 Å². The summed E-state index contributed by atoms with van der Waals surface area (Å²) in [7, 11) is 0. The van der Waals surface area contributed by atoms with Gasteiger partial charge in [0.05, 0.1) is 12.6 Å². The van der Waals surface area contributed by atoms with E-state index in [4.69, 9.17) is 9.47 Å². The van der Waals surface area contributed by atoms with Crippen LogP contribution in [0.2, 0.25) is 0 Å². The quantitative estimate of drug-likeness (QED) is 0.573. The monoisotopic (exact) mass is 349 g/mol. The summed E-state index contributed by atoms with van der Waals surface area (Å²) in [5.41, 5.74) is 0. The van der Waals surface area contributed by atoms with Crippen molar-refractivity contribution in [2.24, 2.45) is 5.92 Å². The van der Waals surface area contributed by atoms with E-state index in [9.17, 15) is 14.4 Å². The van der Waals surface area contributed by atoms with Crippen LogP contribution in [0.4, 0.5) is 4.79 Å². The summed E-state index contributed by atoms with van der Waals surface area (Å²) in [5.74, 6) is -0.900. The van der Waals surface area contributed by atoms with Gasteiger partial charge in [0.25, 0.3) is 0 Å². The number of carbonyl (C=O) groups excluding carboxylic acids is 3. The van der Waals surface area contributed by atoms with Crippen molar-refractivity contribution in [2.75, 3.05) is 13.2 Å². The van der Waals surface area contributed by atoms with Gasteiger partial charge in [-0.05, 0) is 25.0 Å². The molecule has 1 N–H and O–H groups in total. The highest BCUT2D eigenvalue weighted by molar-refractivity contribution is 5.91. The lowest BCUT2D eigenvalue weighted by Crippen LogP contribution is -2.43. The molecule has 25 heavy (non-hydrogen) atoms. The highest BCUT2D eigenvalue weighted by Gasteiger charge is 2.19. The first-order valence-electron chi connectivity index (χ1n) is 7.97. The number of esters is 2. The molecule has 1 atom stereocenters. The fourth-order valence-corrected chi connectivity index (χ4v) is 1.72. The molecular weight excluding hydrogens is 326 g/mol. The van der Waals surface area contributed by atoms with Gasteiger partial charge < -0.3 is 19.5 Å². The van der Waals surface area contributed by atoms with Crippen LogP contribution in [0.3, 0.4) is 0 Å². The molecular formula is C18H23NO6. The van der Waals surface area contributed by atoms with Crippen molar-refractivity contribution in [3.8, 4) is 5.75 Å². The topological polar surface area (TPSA) is 90.9 Å². The molecule has 0 heterocycles. The van der Waals surface area contributed by atoms with Crippen molar-refractivity contribution in [1.29, 1.82) is 0 Å². The van der Waals surface area contributed by atoms with Crippen molar-refractivity contribution in [1.82, 2.24) is 5.32 Å². The molecule has 7 nitrogen and oxygen atoms in total. The Hall–Kier alpha value is -2.83. The van der Waals surface area contributed by atoms with Crippen LogP contribution in [0, 0.1) is 5.92 Å². The van der Waals surface area contributed by atoms with E-state index in [-0.39, 0.29) is 19.1 Å². The lowest BCUT2D eigenvalue weighted by molar-refractivity contribution is -0.140. The average molecular weight is 349 g/mol. The molecule has 0 saturated carbocycles. The molecule has 0 fully saturated rings. The second kappa shape index (κ2) is 10.9. The summed E-state index contributed by atoms with van der Waals surface area (Å²) < 4.78 is 14.8. The minimum Gasteiger partial charge on any atom is -0.463 e. The summed E-state index contributed by atoms with van der Waals surface area (Å²) in [4.78, 5) is 34.6. The highest BCUT2D eigenvalue weighted by atomic mass is 16.6. The molecule has 1 amide bonds. The molecule has 136 valence electrons. The van der Waals surface area contributed by atoms with Gasteiger partial charge in [0.15, 0.2) is 0 Å². The number of rotatable bonds is 8. The number of benzene rings is 1. The Morgan fingerprint density at radius 2 is 1.64 bits per heavy atom. The number of hydrogen-bond donors (Lipinski definition) is 1. The molecule has 0 spiro atoms. The summed E-state index contributed by atoms with van der Waals surface area (Å²) in [6.45, 7) is 5.58. The van der Waals surface area contributed by atoms with Gasteiger partial charge in [0, 0.05) is 12.2 Å². The molecule has 0 aliphatic rings. The molecule has 0 unspecified atom stereocenters. The molecule has 1 aromatic carbocycles. The summed E-state index contributed by atoms with van der Waals surface area (Å²) in [6.07, 6.45) is 1.34. The van der Waals surface area contributed by atoms with Gasteiger partial charge in [-0.3, -0.25) is 0 Å². The zero-order chi connectivity index (χ0) is 18.7. The lowest BCUT2D eigenvalue weighted by atomic mass is 10.1. The van der Waals surface area contributed by atoms with Gasteiger partial charge in [-0.2, -0.15) is 0 Å². The van der Waals surface area contributed by atoms with Crippen LogP contribution < -0.4 is 10.1 Å². The van der Waals surface area contributed by atoms with E-state index in [2.05, 4.69) is 10.1 Å². The van der Waals surface area contributed by atoms with E-state index in [1.807, 2.05) is 19.9 Å². The maximum absolute atomic E-state index is 11.9. The van der Waals surface area contributed by atoms with Crippen LogP contribution in [-0.4, -0.2) is 37.3 Å². The first-order valence-corrected chi connectivity index (χ1v) is 7.97. The predicted octanol–water partition coefficient (Wildman–Crippen LogP) is 2.46. The molecule has 1 rings (SSSR count). The Bertz CT molecular complexity index is 597. The average Bonchev–Trinajstić information content (AvgIpc) is 2.57. The van der Waals surface area contributed by atoms with E-state index in [1.54, 1.807) is 31.2 Å². The summed E-state index contributed by atoms with van der Waals surface area (Å²) >= 11 is 0. The van der Waals surface area contributed by atoms with Crippen LogP contribution in [0.15, 0.2) is 42.5 Å². The fraction of sp³-hybridized carbons (Fsp3) is 0.389. The second-order valence-corrected chi connectivity index (χ2v) is 5.41. The third kappa shape index (κ3) is 8.55. The van der Waals surface area contributed by atoms with Gasteiger partial charge in [-0.1, -0.05) is 32.0 Å². The second-order valence-electron chi connectivity index (χ2n) is 5.41. The van der Waals surface area contributed by atoms with E-state index in [0.29, 0.717) is 5.75 Å². The van der Waals surface area contributed by atoms with E-state index in [1.165, 1.54) is 0 Å². The van der Waals surface area contributed by atoms with Crippen LogP contribution in [0.1, 0.15) is 20.8 Å². The van der Waals surface area contributed by atoms with Gasteiger partial charge in [0.2, 0.25) is 0 Å². The van der Waals surface area contributed by atoms with Gasteiger partial charge >= 0.3 is 18.0 Å². The highest BCUT2D eigenvalue weighted by Crippen LogP contribution is 2.09. The Balaban J connectivity index is 2.47. The molecule has 0 aliphatic heterocycles. The maximum atomic E-state index is 11.9. The van der Waals surface area contributed by atoms with Crippen molar-refractivity contribution in [2.45, 2.75) is 26.8 Å². The third-order valence-corrected chi connectivity index (χ3v) is 3.11. The zero-order valence-electron chi connectivity index (χ0n) is 14.6. The van der Waals surface area contributed by atoms with Crippen LogP contribution >= 0.6 is 0 Å². The van der Waals surface area contributed by atoms with Crippen molar-refractivity contribution >= 4 is 18.0 Å². The fourth-order valence-electron chi connectivity index (χ4n) is 1.72. The van der Waals surface area contributed by atoms with Crippen LogP contribution in [0.25, 0.3) is 0 Å². The number of nitrogens with one attached hydrogen (secondary N) is 1. The van der Waals surface area contributed by atoms with Crippen molar-refractivity contribution in [3.05, 3.63) is 42.5 Å². The molecule has 7 heteroatoms. The van der Waals surface area contributed by atoms with Gasteiger partial charge in [-0.25, -0.2) is 14.4 Å². The minimum atomic E-state index is -0.697. The molecule has 0 aromatic heterocycles. The number of para-hydroxylation sites is 1. The molecule has 1 aromatic rings. The largest absolute Gasteiger partial charge is 0.463 e. The molecule has 0 aliphatic carbocycles. The predicted molar refractivity (Wildman–Crippen MR) is 91.0 cm³/mol. The van der Waals surface area contributed by atoms with Gasteiger partial charge in [0.1, 0.15) is 12.4 Å². The third-order valence-electron chi connectivity index (χ3n) is 3.11. The molecule has 0 radical (unpaired) electrons. The lowest BCUT2D eigenvalue weighted by Gasteiger charge is -2.21. The standard InChI is InChI=1S/C18H23NO6/c1-4-23-16(20)10-11-17(21)24-12-15(13(2)3)19-18(22)25-14-8-6-5-7-9-14/h5-11,13,15H,4,12H2,1-3H3,(H,19,22)/b11-10+/t15-/m0/s1. The van der Waals surface area contributed by atoms with Crippen molar-refractivity contribution < 1.29 is 28.6 Å². The number of ether oxygens (including phenoxy) is 3. The molecule has 0 bridgehead atoms. The number of carbonyl (C=O) groups is 3. The van der Waals surface area contributed by atoms with Crippen LogP contribution in [-0.2, 0) is 19.1 Å². The summed E-state index contributed by atoms with van der Waals surface area (Å²) in [5, 5.41) is 2.65. The van der Waals surface area contributed by atoms with E-state index < -0.39 is 24.1 Å². The zero-order valence-corrected chi connectivity index (χ0v) is 14.6.